The molecule has 1 aliphatic carbocycles. The third kappa shape index (κ3) is 5.15. The third-order valence-corrected chi connectivity index (χ3v) is 6.08. The van der Waals surface area contributed by atoms with Crippen LogP contribution >= 0.6 is 11.6 Å². The summed E-state index contributed by atoms with van der Waals surface area (Å²) in [5.41, 5.74) is 9.40. The number of pyridine rings is 2. The predicted octanol–water partition coefficient (Wildman–Crippen LogP) is 5.47. The number of rotatable bonds is 7. The van der Waals surface area contributed by atoms with E-state index >= 15 is 0 Å². The minimum atomic E-state index is -0.243. The Bertz CT molecular complexity index is 1010. The highest BCUT2D eigenvalue weighted by Crippen LogP contribution is 2.34. The summed E-state index contributed by atoms with van der Waals surface area (Å²) in [5, 5.41) is 3.84. The Kier molecular flexibility index (Phi) is 6.60. The first-order valence-corrected chi connectivity index (χ1v) is 10.8. The van der Waals surface area contributed by atoms with Crippen molar-refractivity contribution in [1.29, 1.82) is 0 Å². The Morgan fingerprint density at radius 1 is 1.10 bits per heavy atom. The van der Waals surface area contributed by atoms with Crippen molar-refractivity contribution in [2.45, 2.75) is 32.2 Å². The normalized spacial score (nSPS) is 18.5. The molecule has 1 fully saturated rings. The van der Waals surface area contributed by atoms with Crippen LogP contribution in [0.1, 0.15) is 30.5 Å². The second-order valence-corrected chi connectivity index (χ2v) is 8.44. The summed E-state index contributed by atoms with van der Waals surface area (Å²) in [5.74, 6) is 1.75. The Labute approximate surface area is 181 Å². The summed E-state index contributed by atoms with van der Waals surface area (Å²) < 4.78 is 13.4. The Hall–Kier alpha value is -2.50. The van der Waals surface area contributed by atoms with Gasteiger partial charge < -0.3 is 11.1 Å². The molecule has 0 saturated heterocycles. The number of nitrogens with zero attached hydrogens (tertiary/aromatic N) is 2. The number of hydrogen-bond acceptors (Lipinski definition) is 4. The van der Waals surface area contributed by atoms with Gasteiger partial charge in [0, 0.05) is 24.0 Å². The van der Waals surface area contributed by atoms with Crippen LogP contribution in [-0.4, -0.2) is 16.5 Å². The molecular formula is C24H26ClFN4. The molecule has 2 heterocycles. The zero-order valence-corrected chi connectivity index (χ0v) is 17.6. The minimum absolute atomic E-state index is 0.243. The van der Waals surface area contributed by atoms with E-state index in [0.717, 1.165) is 35.5 Å². The van der Waals surface area contributed by atoms with Crippen molar-refractivity contribution in [3.05, 3.63) is 76.8 Å². The lowest BCUT2D eigenvalue weighted by molar-refractivity contribution is 0.492. The van der Waals surface area contributed by atoms with Crippen LogP contribution in [0.15, 0.2) is 54.7 Å². The maximum atomic E-state index is 13.4. The fourth-order valence-corrected chi connectivity index (χ4v) is 4.39. The molecule has 0 unspecified atom stereocenters. The SMILES string of the molecule is NC[C@@H]1CC[C@H](Cc2cc(-c3cccc(NCc4cccc(F)c4)n3)c(Cl)cn2)C1. The first-order valence-electron chi connectivity index (χ1n) is 10.4. The van der Waals surface area contributed by atoms with Crippen LogP contribution in [0.25, 0.3) is 11.3 Å². The van der Waals surface area contributed by atoms with Gasteiger partial charge in [0.1, 0.15) is 11.6 Å². The van der Waals surface area contributed by atoms with E-state index < -0.39 is 0 Å². The highest BCUT2D eigenvalue weighted by atomic mass is 35.5. The number of halogens is 2. The Morgan fingerprint density at radius 2 is 1.93 bits per heavy atom. The van der Waals surface area contributed by atoms with Crippen LogP contribution in [0.4, 0.5) is 10.2 Å². The van der Waals surface area contributed by atoms with Gasteiger partial charge in [-0.2, -0.15) is 0 Å². The average Bonchev–Trinajstić information content (AvgIpc) is 3.21. The molecule has 0 spiro atoms. The topological polar surface area (TPSA) is 63.8 Å². The van der Waals surface area contributed by atoms with Crippen molar-refractivity contribution < 1.29 is 4.39 Å². The number of benzene rings is 1. The van der Waals surface area contributed by atoms with E-state index in [9.17, 15) is 4.39 Å². The summed E-state index contributed by atoms with van der Waals surface area (Å²) >= 11 is 6.45. The molecule has 30 heavy (non-hydrogen) atoms. The summed E-state index contributed by atoms with van der Waals surface area (Å²) in [6.07, 6.45) is 6.25. The van der Waals surface area contributed by atoms with Gasteiger partial charge in [-0.15, -0.1) is 0 Å². The lowest BCUT2D eigenvalue weighted by Gasteiger charge is -2.12. The zero-order chi connectivity index (χ0) is 20.9. The standard InChI is InChI=1S/C24H26ClFN4/c25-22-15-28-20(11-16-7-8-17(9-16)13-27)12-21(22)23-5-2-6-24(30-23)29-14-18-3-1-4-19(26)10-18/h1-6,10,12,15-17H,7-9,11,13-14,27H2,(H,29,30)/t16-,17+/m0/s1. The van der Waals surface area contributed by atoms with Gasteiger partial charge in [0.2, 0.25) is 0 Å². The predicted molar refractivity (Wildman–Crippen MR) is 120 cm³/mol. The lowest BCUT2D eigenvalue weighted by atomic mass is 9.98. The molecule has 4 nitrogen and oxygen atoms in total. The molecule has 1 aromatic carbocycles. The van der Waals surface area contributed by atoms with Gasteiger partial charge in [-0.05, 0) is 80.0 Å². The van der Waals surface area contributed by atoms with Crippen LogP contribution in [0.2, 0.25) is 5.02 Å². The smallest absolute Gasteiger partial charge is 0.126 e. The molecule has 0 bridgehead atoms. The largest absolute Gasteiger partial charge is 0.366 e. The Morgan fingerprint density at radius 3 is 2.73 bits per heavy atom. The van der Waals surface area contributed by atoms with Crippen molar-refractivity contribution in [2.75, 3.05) is 11.9 Å². The molecular weight excluding hydrogens is 399 g/mol. The van der Waals surface area contributed by atoms with Crippen molar-refractivity contribution in [2.24, 2.45) is 17.6 Å². The van der Waals surface area contributed by atoms with Crippen LogP contribution in [0.3, 0.4) is 0 Å². The molecule has 6 heteroatoms. The number of hydrogen-bond donors (Lipinski definition) is 2. The summed E-state index contributed by atoms with van der Waals surface area (Å²) in [4.78, 5) is 9.25. The molecule has 3 aromatic rings. The summed E-state index contributed by atoms with van der Waals surface area (Å²) in [7, 11) is 0. The first kappa shape index (κ1) is 20.8. The lowest BCUT2D eigenvalue weighted by Crippen LogP contribution is -2.11. The quantitative estimate of drug-likeness (QED) is 0.528. The van der Waals surface area contributed by atoms with E-state index in [-0.39, 0.29) is 5.82 Å². The highest BCUT2D eigenvalue weighted by Gasteiger charge is 2.24. The van der Waals surface area contributed by atoms with Crippen molar-refractivity contribution >= 4 is 17.4 Å². The van der Waals surface area contributed by atoms with E-state index in [1.54, 1.807) is 12.3 Å². The monoisotopic (exact) mass is 424 g/mol. The first-order chi connectivity index (χ1) is 14.6. The molecule has 156 valence electrons. The maximum Gasteiger partial charge on any atom is 0.126 e. The van der Waals surface area contributed by atoms with Gasteiger partial charge in [-0.1, -0.05) is 29.8 Å². The fourth-order valence-electron chi connectivity index (χ4n) is 4.19. The molecule has 1 aliphatic rings. The summed E-state index contributed by atoms with van der Waals surface area (Å²) in [6, 6.07) is 14.4. The van der Waals surface area contributed by atoms with Gasteiger partial charge in [0.25, 0.3) is 0 Å². The number of anilines is 1. The van der Waals surface area contributed by atoms with Crippen molar-refractivity contribution in [3.8, 4) is 11.3 Å². The molecule has 1 saturated carbocycles. The maximum absolute atomic E-state index is 13.4. The summed E-state index contributed by atoms with van der Waals surface area (Å²) in [6.45, 7) is 1.27. The van der Waals surface area contributed by atoms with Gasteiger partial charge >= 0.3 is 0 Å². The second-order valence-electron chi connectivity index (χ2n) is 8.03. The second kappa shape index (κ2) is 9.54. The van der Waals surface area contributed by atoms with Gasteiger partial charge in [-0.3, -0.25) is 4.98 Å². The van der Waals surface area contributed by atoms with Gasteiger partial charge in [-0.25, -0.2) is 9.37 Å². The van der Waals surface area contributed by atoms with Crippen molar-refractivity contribution in [3.63, 3.8) is 0 Å². The minimum Gasteiger partial charge on any atom is -0.366 e. The van der Waals surface area contributed by atoms with E-state index in [0.29, 0.717) is 29.2 Å². The third-order valence-electron chi connectivity index (χ3n) is 5.78. The molecule has 0 aliphatic heterocycles. The van der Waals surface area contributed by atoms with E-state index in [1.807, 2.05) is 24.3 Å². The van der Waals surface area contributed by atoms with Crippen LogP contribution in [0.5, 0.6) is 0 Å². The van der Waals surface area contributed by atoms with Gasteiger partial charge in [0.15, 0.2) is 0 Å². The number of nitrogens with two attached hydrogens (primary N) is 1. The molecule has 3 N–H and O–H groups in total. The highest BCUT2D eigenvalue weighted by molar-refractivity contribution is 6.33. The zero-order valence-electron chi connectivity index (χ0n) is 16.8. The average molecular weight is 425 g/mol. The van der Waals surface area contributed by atoms with E-state index in [2.05, 4.69) is 16.4 Å². The van der Waals surface area contributed by atoms with Crippen LogP contribution < -0.4 is 11.1 Å². The molecule has 2 atom stereocenters. The van der Waals surface area contributed by atoms with Gasteiger partial charge in [0.05, 0.1) is 10.7 Å². The molecule has 4 rings (SSSR count). The van der Waals surface area contributed by atoms with Crippen LogP contribution in [0, 0.1) is 17.7 Å². The molecule has 2 aromatic heterocycles. The molecule has 0 amide bonds. The van der Waals surface area contributed by atoms with Crippen molar-refractivity contribution in [1.82, 2.24) is 9.97 Å². The number of nitrogens with one attached hydrogen (secondary N) is 1. The number of aromatic nitrogens is 2. The molecule has 0 radical (unpaired) electrons. The van der Waals surface area contributed by atoms with E-state index in [1.165, 1.54) is 31.4 Å². The van der Waals surface area contributed by atoms with Crippen LogP contribution in [-0.2, 0) is 13.0 Å². The fraction of sp³-hybridized carbons (Fsp3) is 0.333. The van der Waals surface area contributed by atoms with E-state index in [4.69, 9.17) is 22.3 Å². The Balaban J connectivity index is 1.48.